The fourth-order valence-electron chi connectivity index (χ4n) is 0.680. The van der Waals surface area contributed by atoms with Crippen LogP contribution in [0.5, 0.6) is 0 Å². The second kappa shape index (κ2) is 2.60. The third-order valence-electron chi connectivity index (χ3n) is 1.04. The predicted octanol–water partition coefficient (Wildman–Crippen LogP) is 0.128. The summed E-state index contributed by atoms with van der Waals surface area (Å²) in [4.78, 5) is 12.2. The molecule has 0 fully saturated rings. The van der Waals surface area contributed by atoms with Crippen LogP contribution in [0, 0.1) is 0 Å². The summed E-state index contributed by atoms with van der Waals surface area (Å²) in [6.45, 7) is 3.93. The van der Waals surface area contributed by atoms with Crippen molar-refractivity contribution in [2.24, 2.45) is 0 Å². The molecule has 1 aromatic heterocycles. The topological polar surface area (TPSA) is 49.8 Å². The molecule has 0 aromatic carbocycles. The highest BCUT2D eigenvalue weighted by Crippen LogP contribution is 1.77. The zero-order chi connectivity index (χ0) is 7.56. The van der Waals surface area contributed by atoms with Crippen LogP contribution in [0.1, 0.15) is 13.8 Å². The van der Waals surface area contributed by atoms with Crippen molar-refractivity contribution in [1.29, 1.82) is 0 Å². The summed E-state index contributed by atoms with van der Waals surface area (Å²) >= 11 is 0. The molecule has 0 saturated carbocycles. The summed E-state index contributed by atoms with van der Waals surface area (Å²) in [6.07, 6.45) is 1.59. The Morgan fingerprint density at radius 3 is 2.80 bits per heavy atom. The molecular weight excluding hydrogens is 130 g/mol. The first-order chi connectivity index (χ1) is 4.70. The van der Waals surface area contributed by atoms with Gasteiger partial charge in [0.05, 0.1) is 0 Å². The van der Waals surface area contributed by atoms with Gasteiger partial charge in [0.15, 0.2) is 0 Å². The maximum atomic E-state index is 10.8. The van der Waals surface area contributed by atoms with Gasteiger partial charge in [0.2, 0.25) is 0 Å². The van der Waals surface area contributed by atoms with Crippen molar-refractivity contribution in [3.05, 3.63) is 22.6 Å². The standard InChI is InChI=1S/C6H11N3O/c1-5(2)8-9-6(10)3-4-7-9/h3-5,7-8H,1-2H3. The van der Waals surface area contributed by atoms with E-state index in [1.54, 1.807) is 6.20 Å². The molecule has 1 rings (SSSR count). The van der Waals surface area contributed by atoms with Gasteiger partial charge < -0.3 is 5.43 Å². The van der Waals surface area contributed by atoms with Gasteiger partial charge in [0.1, 0.15) is 0 Å². The second-order valence-electron chi connectivity index (χ2n) is 2.42. The molecule has 4 nitrogen and oxygen atoms in total. The first-order valence-corrected chi connectivity index (χ1v) is 3.23. The van der Waals surface area contributed by atoms with Gasteiger partial charge in [-0.05, 0) is 13.8 Å². The molecule has 0 spiro atoms. The molecule has 0 unspecified atom stereocenters. The van der Waals surface area contributed by atoms with Crippen molar-refractivity contribution in [2.45, 2.75) is 19.9 Å². The minimum atomic E-state index is -0.0614. The Morgan fingerprint density at radius 2 is 2.40 bits per heavy atom. The minimum Gasteiger partial charge on any atom is -0.306 e. The lowest BCUT2D eigenvalue weighted by atomic mass is 10.4. The summed E-state index contributed by atoms with van der Waals surface area (Å²) in [6, 6.07) is 1.73. The highest BCUT2D eigenvalue weighted by atomic mass is 16.1. The lowest BCUT2D eigenvalue weighted by Crippen LogP contribution is -2.31. The SMILES string of the molecule is CC(C)Nn1[nH]ccc1=O. The van der Waals surface area contributed by atoms with Crippen LogP contribution < -0.4 is 11.0 Å². The molecule has 56 valence electrons. The van der Waals surface area contributed by atoms with Crippen LogP contribution >= 0.6 is 0 Å². The van der Waals surface area contributed by atoms with Crippen molar-refractivity contribution < 1.29 is 0 Å². The first kappa shape index (κ1) is 6.92. The van der Waals surface area contributed by atoms with Gasteiger partial charge in [-0.2, -0.15) is 4.79 Å². The van der Waals surface area contributed by atoms with Crippen LogP contribution in [0.4, 0.5) is 0 Å². The lowest BCUT2D eigenvalue weighted by Gasteiger charge is -2.08. The molecule has 1 heterocycles. The van der Waals surface area contributed by atoms with E-state index in [1.807, 2.05) is 13.8 Å². The van der Waals surface area contributed by atoms with Crippen molar-refractivity contribution >= 4 is 0 Å². The van der Waals surface area contributed by atoms with Crippen LogP contribution in [0.3, 0.4) is 0 Å². The van der Waals surface area contributed by atoms with Crippen molar-refractivity contribution in [1.82, 2.24) is 9.89 Å². The molecule has 0 aliphatic heterocycles. The fourth-order valence-corrected chi connectivity index (χ4v) is 0.680. The maximum Gasteiger partial charge on any atom is 0.285 e. The smallest absolute Gasteiger partial charge is 0.285 e. The number of H-pyrrole nitrogens is 1. The molecule has 10 heavy (non-hydrogen) atoms. The fraction of sp³-hybridized carbons (Fsp3) is 0.500. The van der Waals surface area contributed by atoms with Gasteiger partial charge in [0, 0.05) is 18.3 Å². The van der Waals surface area contributed by atoms with Crippen LogP contribution in [0.25, 0.3) is 0 Å². The van der Waals surface area contributed by atoms with E-state index >= 15 is 0 Å². The van der Waals surface area contributed by atoms with Gasteiger partial charge >= 0.3 is 0 Å². The summed E-state index contributed by atoms with van der Waals surface area (Å²) in [7, 11) is 0. The molecule has 2 N–H and O–H groups in total. The molecule has 0 radical (unpaired) electrons. The van der Waals surface area contributed by atoms with E-state index in [-0.39, 0.29) is 11.6 Å². The van der Waals surface area contributed by atoms with Gasteiger partial charge in [-0.3, -0.25) is 9.89 Å². The molecule has 1 aromatic rings. The van der Waals surface area contributed by atoms with Crippen molar-refractivity contribution in [2.75, 3.05) is 5.43 Å². The number of hydrogen-bond donors (Lipinski definition) is 2. The number of hydrogen-bond acceptors (Lipinski definition) is 2. The molecule has 0 atom stereocenters. The zero-order valence-corrected chi connectivity index (χ0v) is 6.09. The summed E-state index contributed by atoms with van der Waals surface area (Å²) in [5, 5.41) is 2.73. The van der Waals surface area contributed by atoms with Crippen LogP contribution in [0.2, 0.25) is 0 Å². The van der Waals surface area contributed by atoms with Crippen LogP contribution in [0.15, 0.2) is 17.1 Å². The van der Waals surface area contributed by atoms with Gasteiger partial charge in [-0.15, -0.1) is 0 Å². The van der Waals surface area contributed by atoms with E-state index in [1.165, 1.54) is 10.9 Å². The summed E-state index contributed by atoms with van der Waals surface area (Å²) in [5.41, 5.74) is 2.84. The van der Waals surface area contributed by atoms with E-state index in [0.717, 1.165) is 0 Å². The first-order valence-electron chi connectivity index (χ1n) is 3.23. The quantitative estimate of drug-likeness (QED) is 0.615. The summed E-state index contributed by atoms with van der Waals surface area (Å²) < 4.78 is 0. The number of rotatable bonds is 2. The molecule has 0 saturated heterocycles. The third-order valence-corrected chi connectivity index (χ3v) is 1.04. The highest BCUT2D eigenvalue weighted by molar-refractivity contribution is 4.84. The minimum absolute atomic E-state index is 0.0614. The van der Waals surface area contributed by atoms with E-state index in [2.05, 4.69) is 10.5 Å². The normalized spacial score (nSPS) is 10.3. The zero-order valence-electron chi connectivity index (χ0n) is 6.09. The lowest BCUT2D eigenvalue weighted by molar-refractivity contribution is 0.651. The Hall–Kier alpha value is -1.19. The molecule has 0 aliphatic carbocycles. The van der Waals surface area contributed by atoms with E-state index in [9.17, 15) is 4.79 Å². The summed E-state index contributed by atoms with van der Waals surface area (Å²) in [5.74, 6) is 0. The highest BCUT2D eigenvalue weighted by Gasteiger charge is 1.94. The van der Waals surface area contributed by atoms with Gasteiger partial charge in [0.25, 0.3) is 5.56 Å². The molecule has 0 aliphatic rings. The number of aromatic nitrogens is 2. The number of nitrogens with zero attached hydrogens (tertiary/aromatic N) is 1. The Bertz CT molecular complexity index is 247. The Labute approximate surface area is 58.8 Å². The van der Waals surface area contributed by atoms with Gasteiger partial charge in [-0.25, -0.2) is 0 Å². The molecular formula is C6H11N3O. The van der Waals surface area contributed by atoms with E-state index in [0.29, 0.717) is 0 Å². The molecule has 4 heteroatoms. The third kappa shape index (κ3) is 1.40. The average molecular weight is 141 g/mol. The monoisotopic (exact) mass is 141 g/mol. The van der Waals surface area contributed by atoms with E-state index in [4.69, 9.17) is 0 Å². The van der Waals surface area contributed by atoms with Crippen LogP contribution in [-0.4, -0.2) is 15.9 Å². The molecule has 0 bridgehead atoms. The number of nitrogens with one attached hydrogen (secondary N) is 2. The average Bonchev–Trinajstić information content (AvgIpc) is 2.15. The van der Waals surface area contributed by atoms with Crippen LogP contribution in [-0.2, 0) is 0 Å². The largest absolute Gasteiger partial charge is 0.306 e. The van der Waals surface area contributed by atoms with Crippen molar-refractivity contribution in [3.63, 3.8) is 0 Å². The van der Waals surface area contributed by atoms with Gasteiger partial charge in [-0.1, -0.05) is 0 Å². The van der Waals surface area contributed by atoms with Crippen molar-refractivity contribution in [3.8, 4) is 0 Å². The number of aromatic amines is 1. The Kier molecular flexibility index (Phi) is 1.80. The predicted molar refractivity (Wildman–Crippen MR) is 39.5 cm³/mol. The molecule has 0 amide bonds. The maximum absolute atomic E-state index is 10.8. The Balaban J connectivity index is 2.75. The van der Waals surface area contributed by atoms with E-state index < -0.39 is 0 Å². The Morgan fingerprint density at radius 1 is 1.70 bits per heavy atom. The second-order valence-corrected chi connectivity index (χ2v) is 2.42.